The monoisotopic (exact) mass is 219 g/mol. The number of hydrogen-bond acceptors (Lipinski definition) is 2. The van der Waals surface area contributed by atoms with Crippen molar-refractivity contribution in [2.24, 2.45) is 5.92 Å². The summed E-state index contributed by atoms with van der Waals surface area (Å²) in [4.78, 5) is 0. The first kappa shape index (κ1) is 12.9. The second kappa shape index (κ2) is 7.20. The molecule has 2 nitrogen and oxygen atoms in total. The highest BCUT2D eigenvalue weighted by atomic mass is 16.3. The van der Waals surface area contributed by atoms with Gasteiger partial charge in [0.1, 0.15) is 0 Å². The number of rotatable bonds is 6. The van der Waals surface area contributed by atoms with Gasteiger partial charge < -0.3 is 10.4 Å². The first-order valence-corrected chi connectivity index (χ1v) is 5.80. The fourth-order valence-electron chi connectivity index (χ4n) is 1.49. The van der Waals surface area contributed by atoms with Gasteiger partial charge in [-0.15, -0.1) is 0 Å². The van der Waals surface area contributed by atoms with Crippen molar-refractivity contribution in [3.05, 3.63) is 42.0 Å². The minimum absolute atomic E-state index is 0.181. The fourth-order valence-corrected chi connectivity index (χ4v) is 1.49. The zero-order chi connectivity index (χ0) is 11.8. The molecule has 1 aromatic carbocycles. The second-order valence-electron chi connectivity index (χ2n) is 4.25. The molecular formula is C14H21NO. The summed E-state index contributed by atoms with van der Waals surface area (Å²) in [6, 6.07) is 10.4. The molecule has 0 saturated heterocycles. The number of aliphatic hydroxyl groups excluding tert-OH is 1. The zero-order valence-corrected chi connectivity index (χ0v) is 10.1. The van der Waals surface area contributed by atoms with Crippen LogP contribution in [0.2, 0.25) is 0 Å². The van der Waals surface area contributed by atoms with Gasteiger partial charge in [-0.05, 0) is 11.5 Å². The first-order valence-electron chi connectivity index (χ1n) is 5.80. The van der Waals surface area contributed by atoms with E-state index >= 15 is 0 Å². The van der Waals surface area contributed by atoms with Gasteiger partial charge in [-0.2, -0.15) is 0 Å². The normalized spacial score (nSPS) is 13.5. The summed E-state index contributed by atoms with van der Waals surface area (Å²) in [7, 11) is 0. The van der Waals surface area contributed by atoms with Crippen LogP contribution in [0.3, 0.4) is 0 Å². The summed E-state index contributed by atoms with van der Waals surface area (Å²) in [5, 5.41) is 12.4. The highest BCUT2D eigenvalue weighted by molar-refractivity contribution is 5.48. The molecule has 0 aliphatic carbocycles. The van der Waals surface area contributed by atoms with Crippen molar-refractivity contribution in [1.29, 1.82) is 0 Å². The van der Waals surface area contributed by atoms with Crippen LogP contribution < -0.4 is 5.32 Å². The van der Waals surface area contributed by atoms with Crippen LogP contribution in [-0.2, 0) is 0 Å². The maximum atomic E-state index is 9.13. The van der Waals surface area contributed by atoms with Gasteiger partial charge in [0, 0.05) is 12.6 Å². The Morgan fingerprint density at radius 2 is 1.94 bits per heavy atom. The molecule has 1 aromatic rings. The molecule has 0 aliphatic rings. The van der Waals surface area contributed by atoms with Gasteiger partial charge in [-0.1, -0.05) is 56.3 Å². The van der Waals surface area contributed by atoms with Crippen LogP contribution in [0.1, 0.15) is 19.4 Å². The highest BCUT2D eigenvalue weighted by Gasteiger charge is 2.09. The Kier molecular flexibility index (Phi) is 5.83. The Morgan fingerprint density at radius 1 is 1.25 bits per heavy atom. The van der Waals surface area contributed by atoms with E-state index in [0.29, 0.717) is 5.92 Å². The van der Waals surface area contributed by atoms with Crippen LogP contribution in [0.25, 0.3) is 6.08 Å². The van der Waals surface area contributed by atoms with E-state index in [4.69, 9.17) is 5.11 Å². The SMILES string of the molecule is CC(C)C(CO)NCC=Cc1ccccc1. The van der Waals surface area contributed by atoms with E-state index in [9.17, 15) is 0 Å². The fraction of sp³-hybridized carbons (Fsp3) is 0.429. The maximum absolute atomic E-state index is 9.13. The summed E-state index contributed by atoms with van der Waals surface area (Å²) in [6.07, 6.45) is 4.17. The first-order chi connectivity index (χ1) is 7.74. The van der Waals surface area contributed by atoms with E-state index in [1.165, 1.54) is 5.56 Å². The zero-order valence-electron chi connectivity index (χ0n) is 10.1. The van der Waals surface area contributed by atoms with Gasteiger partial charge in [-0.25, -0.2) is 0 Å². The van der Waals surface area contributed by atoms with Gasteiger partial charge in [-0.3, -0.25) is 0 Å². The molecule has 0 fully saturated rings. The van der Waals surface area contributed by atoms with E-state index in [2.05, 4.69) is 43.4 Å². The average Bonchev–Trinajstić information content (AvgIpc) is 2.30. The van der Waals surface area contributed by atoms with Gasteiger partial charge in [0.15, 0.2) is 0 Å². The lowest BCUT2D eigenvalue weighted by Crippen LogP contribution is -2.36. The minimum atomic E-state index is 0.181. The van der Waals surface area contributed by atoms with Crippen LogP contribution in [0.5, 0.6) is 0 Å². The Balaban J connectivity index is 2.32. The maximum Gasteiger partial charge on any atom is 0.0587 e. The number of benzene rings is 1. The third-order valence-corrected chi connectivity index (χ3v) is 2.61. The standard InChI is InChI=1S/C14H21NO/c1-12(2)14(11-16)15-10-6-9-13-7-4-3-5-8-13/h3-9,12,14-16H,10-11H2,1-2H3. The van der Waals surface area contributed by atoms with Gasteiger partial charge in [0.05, 0.1) is 6.61 Å². The molecule has 0 aliphatic heterocycles. The van der Waals surface area contributed by atoms with Crippen molar-refractivity contribution in [3.8, 4) is 0 Å². The Hall–Kier alpha value is -1.12. The van der Waals surface area contributed by atoms with E-state index in [0.717, 1.165) is 6.54 Å². The van der Waals surface area contributed by atoms with Gasteiger partial charge in [0.2, 0.25) is 0 Å². The lowest BCUT2D eigenvalue weighted by atomic mass is 10.1. The summed E-state index contributed by atoms with van der Waals surface area (Å²) in [5.74, 6) is 0.454. The molecule has 1 atom stereocenters. The van der Waals surface area contributed by atoms with E-state index in [1.54, 1.807) is 0 Å². The lowest BCUT2D eigenvalue weighted by molar-refractivity contribution is 0.215. The van der Waals surface area contributed by atoms with E-state index in [-0.39, 0.29) is 12.6 Å². The Morgan fingerprint density at radius 3 is 2.50 bits per heavy atom. The molecule has 2 N–H and O–H groups in total. The van der Waals surface area contributed by atoms with Crippen molar-refractivity contribution in [1.82, 2.24) is 5.32 Å². The van der Waals surface area contributed by atoms with Crippen LogP contribution >= 0.6 is 0 Å². The smallest absolute Gasteiger partial charge is 0.0587 e. The topological polar surface area (TPSA) is 32.3 Å². The molecule has 2 heteroatoms. The van der Waals surface area contributed by atoms with Crippen molar-refractivity contribution in [3.63, 3.8) is 0 Å². The Labute approximate surface area is 98.0 Å². The molecule has 0 aromatic heterocycles. The van der Waals surface area contributed by atoms with E-state index in [1.807, 2.05) is 18.2 Å². The molecule has 0 amide bonds. The van der Waals surface area contributed by atoms with Crippen molar-refractivity contribution in [2.45, 2.75) is 19.9 Å². The highest BCUT2D eigenvalue weighted by Crippen LogP contribution is 2.02. The van der Waals surface area contributed by atoms with Crippen molar-refractivity contribution < 1.29 is 5.11 Å². The summed E-state index contributed by atoms with van der Waals surface area (Å²) in [6.45, 7) is 5.19. The molecule has 0 heterocycles. The molecule has 1 unspecified atom stereocenters. The summed E-state index contributed by atoms with van der Waals surface area (Å²) >= 11 is 0. The molecule has 0 saturated carbocycles. The number of aliphatic hydroxyl groups is 1. The predicted molar refractivity (Wildman–Crippen MR) is 69.2 cm³/mol. The largest absolute Gasteiger partial charge is 0.395 e. The van der Waals surface area contributed by atoms with Crippen molar-refractivity contribution in [2.75, 3.05) is 13.2 Å². The van der Waals surface area contributed by atoms with Gasteiger partial charge >= 0.3 is 0 Å². The number of hydrogen-bond donors (Lipinski definition) is 2. The summed E-state index contributed by atoms with van der Waals surface area (Å²) in [5.41, 5.74) is 1.20. The van der Waals surface area contributed by atoms with Gasteiger partial charge in [0.25, 0.3) is 0 Å². The second-order valence-corrected chi connectivity index (χ2v) is 4.25. The molecule has 0 bridgehead atoms. The predicted octanol–water partition coefficient (Wildman–Crippen LogP) is 2.31. The van der Waals surface area contributed by atoms with Crippen LogP contribution in [-0.4, -0.2) is 24.3 Å². The quantitative estimate of drug-likeness (QED) is 0.769. The third-order valence-electron chi connectivity index (χ3n) is 2.61. The molecule has 0 spiro atoms. The Bertz CT molecular complexity index is 306. The van der Waals surface area contributed by atoms with Crippen LogP contribution in [0, 0.1) is 5.92 Å². The minimum Gasteiger partial charge on any atom is -0.395 e. The molecule has 1 rings (SSSR count). The average molecular weight is 219 g/mol. The van der Waals surface area contributed by atoms with Crippen LogP contribution in [0.15, 0.2) is 36.4 Å². The molecular weight excluding hydrogens is 198 g/mol. The molecule has 88 valence electrons. The van der Waals surface area contributed by atoms with Crippen LogP contribution in [0.4, 0.5) is 0 Å². The number of nitrogens with one attached hydrogen (secondary N) is 1. The molecule has 16 heavy (non-hydrogen) atoms. The lowest BCUT2D eigenvalue weighted by Gasteiger charge is -2.18. The summed E-state index contributed by atoms with van der Waals surface area (Å²) < 4.78 is 0. The third kappa shape index (κ3) is 4.60. The molecule has 0 radical (unpaired) electrons. The van der Waals surface area contributed by atoms with E-state index < -0.39 is 0 Å². The van der Waals surface area contributed by atoms with Crippen molar-refractivity contribution >= 4 is 6.08 Å².